The Morgan fingerprint density at radius 1 is 1.28 bits per heavy atom. The molecule has 6 heteroatoms. The number of likely N-dealkylation sites (tertiary alicyclic amines) is 1. The fourth-order valence-electron chi connectivity index (χ4n) is 3.04. The van der Waals surface area contributed by atoms with Crippen molar-refractivity contribution in [3.8, 4) is 0 Å². The summed E-state index contributed by atoms with van der Waals surface area (Å²) in [6.07, 6.45) is 2.46. The Morgan fingerprint density at radius 3 is 2.56 bits per heavy atom. The second-order valence-corrected chi connectivity index (χ2v) is 7.45. The van der Waals surface area contributed by atoms with Gasteiger partial charge in [0, 0.05) is 25.6 Å². The van der Waals surface area contributed by atoms with E-state index in [1.165, 1.54) is 32.0 Å². The van der Waals surface area contributed by atoms with E-state index in [9.17, 15) is 4.39 Å². The lowest BCUT2D eigenvalue weighted by atomic mass is 9.84. The lowest BCUT2D eigenvalue weighted by molar-refractivity contribution is 0.220. The smallest absolute Gasteiger partial charge is 0.191 e. The van der Waals surface area contributed by atoms with Crippen LogP contribution in [0.2, 0.25) is 0 Å². The third kappa shape index (κ3) is 7.09. The lowest BCUT2D eigenvalue weighted by Gasteiger charge is -2.30. The molecule has 2 rings (SSSR count). The Morgan fingerprint density at radius 2 is 1.96 bits per heavy atom. The van der Waals surface area contributed by atoms with Crippen LogP contribution in [0.25, 0.3) is 0 Å². The van der Waals surface area contributed by atoms with Crippen molar-refractivity contribution in [2.75, 3.05) is 40.3 Å². The molecule has 1 heterocycles. The first-order valence-electron chi connectivity index (χ1n) is 8.80. The van der Waals surface area contributed by atoms with E-state index >= 15 is 0 Å². The Balaban J connectivity index is 0.00000312. The molecule has 0 unspecified atom stereocenters. The molecule has 1 saturated heterocycles. The molecule has 142 valence electrons. The van der Waals surface area contributed by atoms with Gasteiger partial charge in [0.25, 0.3) is 0 Å². The number of aliphatic imine (C=N–C) groups is 1. The van der Waals surface area contributed by atoms with E-state index in [0.717, 1.165) is 18.1 Å². The standard InChI is InChI=1S/C19H31FN4.HI/c1-19(2,16-6-5-7-17(20)12-16)14-23-18(21-3)22-13-15-8-10-24(4)11-9-15;/h5-7,12,15H,8-11,13-14H2,1-4H3,(H2,21,22,23);1H. The molecular weight excluding hydrogens is 430 g/mol. The molecule has 1 aliphatic heterocycles. The summed E-state index contributed by atoms with van der Waals surface area (Å²) in [5.74, 6) is 1.33. The maximum absolute atomic E-state index is 13.5. The van der Waals surface area contributed by atoms with Crippen LogP contribution < -0.4 is 10.6 Å². The summed E-state index contributed by atoms with van der Waals surface area (Å²) in [6, 6.07) is 6.82. The van der Waals surface area contributed by atoms with Gasteiger partial charge in [0.05, 0.1) is 0 Å². The number of piperidine rings is 1. The van der Waals surface area contributed by atoms with Crippen molar-refractivity contribution < 1.29 is 4.39 Å². The number of halogens is 2. The maximum atomic E-state index is 13.5. The summed E-state index contributed by atoms with van der Waals surface area (Å²) in [5, 5.41) is 6.82. The van der Waals surface area contributed by atoms with Crippen LogP contribution in [0.1, 0.15) is 32.3 Å². The van der Waals surface area contributed by atoms with Crippen LogP contribution in [0.3, 0.4) is 0 Å². The fourth-order valence-corrected chi connectivity index (χ4v) is 3.04. The molecule has 0 amide bonds. The van der Waals surface area contributed by atoms with Crippen LogP contribution in [-0.4, -0.2) is 51.1 Å². The molecule has 0 atom stereocenters. The van der Waals surface area contributed by atoms with Gasteiger partial charge in [-0.3, -0.25) is 4.99 Å². The lowest BCUT2D eigenvalue weighted by Crippen LogP contribution is -2.45. The highest BCUT2D eigenvalue weighted by Crippen LogP contribution is 2.22. The number of hydrogen-bond acceptors (Lipinski definition) is 2. The highest BCUT2D eigenvalue weighted by atomic mass is 127. The summed E-state index contributed by atoms with van der Waals surface area (Å²) in [4.78, 5) is 6.69. The number of nitrogens with zero attached hydrogens (tertiary/aromatic N) is 2. The Bertz CT molecular complexity index is 554. The van der Waals surface area contributed by atoms with E-state index in [-0.39, 0.29) is 35.2 Å². The van der Waals surface area contributed by atoms with E-state index < -0.39 is 0 Å². The molecule has 0 bridgehead atoms. The average molecular weight is 462 g/mol. The molecular formula is C19H32FIN4. The maximum Gasteiger partial charge on any atom is 0.191 e. The molecule has 2 N–H and O–H groups in total. The summed E-state index contributed by atoms with van der Waals surface area (Å²) < 4.78 is 13.5. The minimum absolute atomic E-state index is 0. The van der Waals surface area contributed by atoms with Crippen molar-refractivity contribution in [1.29, 1.82) is 0 Å². The predicted molar refractivity (Wildman–Crippen MR) is 114 cm³/mol. The summed E-state index contributed by atoms with van der Waals surface area (Å²) >= 11 is 0. The molecule has 0 saturated carbocycles. The van der Waals surface area contributed by atoms with Crippen LogP contribution >= 0.6 is 24.0 Å². The van der Waals surface area contributed by atoms with Crippen LogP contribution in [0.5, 0.6) is 0 Å². The monoisotopic (exact) mass is 462 g/mol. The number of nitrogens with one attached hydrogen (secondary N) is 2. The first kappa shape index (κ1) is 22.2. The van der Waals surface area contributed by atoms with Crippen molar-refractivity contribution in [3.63, 3.8) is 0 Å². The van der Waals surface area contributed by atoms with Crippen molar-refractivity contribution in [1.82, 2.24) is 15.5 Å². The van der Waals surface area contributed by atoms with Crippen molar-refractivity contribution >= 4 is 29.9 Å². The van der Waals surface area contributed by atoms with Gasteiger partial charge < -0.3 is 15.5 Å². The third-order valence-electron chi connectivity index (χ3n) is 4.92. The van der Waals surface area contributed by atoms with Gasteiger partial charge in [0.15, 0.2) is 5.96 Å². The fraction of sp³-hybridized carbons (Fsp3) is 0.632. The topological polar surface area (TPSA) is 39.7 Å². The molecule has 0 aromatic heterocycles. The van der Waals surface area contributed by atoms with Crippen LogP contribution in [0.4, 0.5) is 4.39 Å². The highest BCUT2D eigenvalue weighted by molar-refractivity contribution is 14.0. The molecule has 1 aromatic carbocycles. The zero-order chi connectivity index (χ0) is 17.6. The Kier molecular flexibility index (Phi) is 9.13. The number of benzene rings is 1. The minimum atomic E-state index is -0.189. The molecule has 25 heavy (non-hydrogen) atoms. The van der Waals surface area contributed by atoms with E-state index in [1.807, 2.05) is 6.07 Å². The van der Waals surface area contributed by atoms with E-state index in [1.54, 1.807) is 19.2 Å². The minimum Gasteiger partial charge on any atom is -0.356 e. The molecule has 1 aromatic rings. The highest BCUT2D eigenvalue weighted by Gasteiger charge is 2.22. The molecule has 0 radical (unpaired) electrons. The van der Waals surface area contributed by atoms with Crippen LogP contribution in [0.15, 0.2) is 29.3 Å². The number of hydrogen-bond donors (Lipinski definition) is 2. The zero-order valence-corrected chi connectivity index (χ0v) is 18.1. The van der Waals surface area contributed by atoms with Crippen molar-refractivity contribution in [2.45, 2.75) is 32.1 Å². The van der Waals surface area contributed by atoms with Gasteiger partial charge in [-0.05, 0) is 56.6 Å². The van der Waals surface area contributed by atoms with Crippen LogP contribution in [-0.2, 0) is 5.41 Å². The van der Waals surface area contributed by atoms with Gasteiger partial charge in [-0.1, -0.05) is 26.0 Å². The Hall–Kier alpha value is -0.890. The second-order valence-electron chi connectivity index (χ2n) is 7.45. The molecule has 0 aliphatic carbocycles. The normalized spacial score (nSPS) is 17.1. The summed E-state index contributed by atoms with van der Waals surface area (Å²) in [7, 11) is 3.97. The Labute approximate surface area is 168 Å². The predicted octanol–water partition coefficient (Wildman–Crippen LogP) is 3.23. The molecule has 4 nitrogen and oxygen atoms in total. The summed E-state index contributed by atoms with van der Waals surface area (Å²) in [6.45, 7) is 8.21. The van der Waals surface area contributed by atoms with E-state index in [2.05, 4.69) is 41.4 Å². The number of guanidine groups is 1. The van der Waals surface area contributed by atoms with Gasteiger partial charge in [-0.25, -0.2) is 4.39 Å². The quantitative estimate of drug-likeness (QED) is 0.401. The van der Waals surface area contributed by atoms with Gasteiger partial charge in [0.1, 0.15) is 5.82 Å². The average Bonchev–Trinajstić information content (AvgIpc) is 2.56. The van der Waals surface area contributed by atoms with Crippen molar-refractivity contribution in [2.24, 2.45) is 10.9 Å². The number of rotatable bonds is 5. The van der Waals surface area contributed by atoms with Crippen molar-refractivity contribution in [3.05, 3.63) is 35.6 Å². The molecule has 0 spiro atoms. The van der Waals surface area contributed by atoms with Gasteiger partial charge in [0.2, 0.25) is 0 Å². The zero-order valence-electron chi connectivity index (χ0n) is 15.8. The molecule has 1 fully saturated rings. The van der Waals surface area contributed by atoms with Gasteiger partial charge in [-0.2, -0.15) is 0 Å². The second kappa shape index (κ2) is 10.3. The molecule has 1 aliphatic rings. The van der Waals surface area contributed by atoms with Gasteiger partial charge in [-0.15, -0.1) is 24.0 Å². The largest absolute Gasteiger partial charge is 0.356 e. The third-order valence-corrected chi connectivity index (χ3v) is 4.92. The summed E-state index contributed by atoms with van der Waals surface area (Å²) in [5.41, 5.74) is 0.813. The first-order valence-corrected chi connectivity index (χ1v) is 8.80. The van der Waals surface area contributed by atoms with Gasteiger partial charge >= 0.3 is 0 Å². The van der Waals surface area contributed by atoms with E-state index in [0.29, 0.717) is 12.5 Å². The first-order chi connectivity index (χ1) is 11.4. The van der Waals surface area contributed by atoms with Crippen LogP contribution in [0, 0.1) is 11.7 Å². The van der Waals surface area contributed by atoms with E-state index in [4.69, 9.17) is 0 Å². The SMILES string of the molecule is CN=C(NCC1CCN(C)CC1)NCC(C)(C)c1cccc(F)c1.I.